The van der Waals surface area contributed by atoms with E-state index >= 15 is 0 Å². The molecule has 7 heteroatoms. The summed E-state index contributed by atoms with van der Waals surface area (Å²) in [5.74, 6) is 0.539. The standard InChI is InChI=1S/C14H19ClN2O3S/c15-21(19,20)12-8-13(17(9-12)11-2-1-3-11)14(18)16-7-6-10-4-5-10/h8-11H,1-7H2,(H,16,18). The van der Waals surface area contributed by atoms with Gasteiger partial charge in [0.1, 0.15) is 10.6 Å². The average Bonchev–Trinajstić information content (AvgIpc) is 3.04. The van der Waals surface area contributed by atoms with Gasteiger partial charge < -0.3 is 9.88 Å². The number of rotatable bonds is 6. The van der Waals surface area contributed by atoms with Gasteiger partial charge in [-0.2, -0.15) is 0 Å². The fraction of sp³-hybridized carbons (Fsp3) is 0.643. The number of carbonyl (C=O) groups is 1. The summed E-state index contributed by atoms with van der Waals surface area (Å²) < 4.78 is 24.7. The highest BCUT2D eigenvalue weighted by molar-refractivity contribution is 8.13. The molecule has 1 aromatic rings. The zero-order valence-electron chi connectivity index (χ0n) is 11.7. The van der Waals surface area contributed by atoms with Crippen LogP contribution in [-0.4, -0.2) is 25.4 Å². The van der Waals surface area contributed by atoms with E-state index < -0.39 is 9.05 Å². The third-order valence-electron chi connectivity index (χ3n) is 4.34. The van der Waals surface area contributed by atoms with Crippen LogP contribution >= 0.6 is 10.7 Å². The molecule has 2 aliphatic carbocycles. The molecule has 1 heterocycles. The number of hydrogen-bond donors (Lipinski definition) is 1. The maximum atomic E-state index is 12.3. The van der Waals surface area contributed by atoms with Crippen LogP contribution in [0.3, 0.4) is 0 Å². The molecule has 0 aromatic carbocycles. The molecule has 0 bridgehead atoms. The third kappa shape index (κ3) is 3.43. The molecule has 2 fully saturated rings. The van der Waals surface area contributed by atoms with Gasteiger partial charge in [-0.1, -0.05) is 12.8 Å². The summed E-state index contributed by atoms with van der Waals surface area (Å²) >= 11 is 0. The van der Waals surface area contributed by atoms with Crippen molar-refractivity contribution < 1.29 is 13.2 Å². The quantitative estimate of drug-likeness (QED) is 0.815. The Morgan fingerprint density at radius 1 is 1.33 bits per heavy atom. The topological polar surface area (TPSA) is 68.2 Å². The number of carbonyl (C=O) groups excluding carboxylic acids is 1. The van der Waals surface area contributed by atoms with Gasteiger partial charge in [-0.25, -0.2) is 8.42 Å². The number of amides is 1. The molecular formula is C14H19ClN2O3S. The first-order chi connectivity index (χ1) is 9.95. The molecule has 1 N–H and O–H groups in total. The van der Waals surface area contributed by atoms with Gasteiger partial charge in [0.25, 0.3) is 15.0 Å². The molecular weight excluding hydrogens is 312 g/mol. The molecule has 1 aromatic heterocycles. The van der Waals surface area contributed by atoms with Crippen LogP contribution < -0.4 is 5.32 Å². The van der Waals surface area contributed by atoms with Crippen LogP contribution in [0.4, 0.5) is 0 Å². The minimum absolute atomic E-state index is 0.00316. The Balaban J connectivity index is 1.77. The molecule has 5 nitrogen and oxygen atoms in total. The van der Waals surface area contributed by atoms with Crippen LogP contribution in [0.2, 0.25) is 0 Å². The van der Waals surface area contributed by atoms with Crippen molar-refractivity contribution in [2.75, 3.05) is 6.54 Å². The summed E-state index contributed by atoms with van der Waals surface area (Å²) in [7, 11) is 1.59. The summed E-state index contributed by atoms with van der Waals surface area (Å²) in [6, 6.07) is 1.59. The summed E-state index contributed by atoms with van der Waals surface area (Å²) in [6.45, 7) is 0.641. The number of nitrogens with one attached hydrogen (secondary N) is 1. The van der Waals surface area contributed by atoms with Gasteiger partial charge in [-0.3, -0.25) is 4.79 Å². The zero-order valence-corrected chi connectivity index (χ0v) is 13.3. The fourth-order valence-corrected chi connectivity index (χ4v) is 3.37. The van der Waals surface area contributed by atoms with Crippen molar-refractivity contribution in [2.24, 2.45) is 5.92 Å². The van der Waals surface area contributed by atoms with Crippen molar-refractivity contribution in [1.82, 2.24) is 9.88 Å². The summed E-state index contributed by atoms with van der Waals surface area (Å²) in [5.41, 5.74) is 0.398. The van der Waals surface area contributed by atoms with Crippen LogP contribution in [0.5, 0.6) is 0 Å². The van der Waals surface area contributed by atoms with Crippen molar-refractivity contribution >= 4 is 25.6 Å². The second-order valence-corrected chi connectivity index (χ2v) is 8.54. The Kier molecular flexibility index (Phi) is 4.01. The Bertz CT molecular complexity index is 645. The van der Waals surface area contributed by atoms with Crippen LogP contribution in [0, 0.1) is 5.92 Å². The monoisotopic (exact) mass is 330 g/mol. The SMILES string of the molecule is O=C(NCCC1CC1)c1cc(S(=O)(=O)Cl)cn1C1CCC1. The first kappa shape index (κ1) is 14.9. The maximum Gasteiger partial charge on any atom is 0.267 e. The lowest BCUT2D eigenvalue weighted by molar-refractivity contribution is 0.0937. The van der Waals surface area contributed by atoms with Crippen molar-refractivity contribution in [1.29, 1.82) is 0 Å². The van der Waals surface area contributed by atoms with Gasteiger partial charge in [-0.15, -0.1) is 0 Å². The van der Waals surface area contributed by atoms with E-state index in [1.807, 2.05) is 0 Å². The van der Waals surface area contributed by atoms with E-state index in [9.17, 15) is 13.2 Å². The first-order valence-corrected chi connectivity index (χ1v) is 9.71. The van der Waals surface area contributed by atoms with Crippen molar-refractivity contribution in [3.63, 3.8) is 0 Å². The van der Waals surface area contributed by atoms with E-state index in [0.717, 1.165) is 31.6 Å². The molecule has 2 aliphatic rings. The largest absolute Gasteiger partial charge is 0.351 e. The molecule has 116 valence electrons. The highest BCUT2D eigenvalue weighted by Crippen LogP contribution is 2.35. The van der Waals surface area contributed by atoms with E-state index in [1.165, 1.54) is 25.1 Å². The fourth-order valence-electron chi connectivity index (χ4n) is 2.62. The molecule has 0 aliphatic heterocycles. The second kappa shape index (κ2) is 5.65. The smallest absolute Gasteiger partial charge is 0.267 e. The Hall–Kier alpha value is -1.01. The molecule has 2 saturated carbocycles. The number of hydrogen-bond acceptors (Lipinski definition) is 3. The molecule has 21 heavy (non-hydrogen) atoms. The van der Waals surface area contributed by atoms with E-state index in [0.29, 0.717) is 12.2 Å². The Morgan fingerprint density at radius 3 is 2.57 bits per heavy atom. The van der Waals surface area contributed by atoms with E-state index in [1.54, 1.807) is 4.57 Å². The highest BCUT2D eigenvalue weighted by atomic mass is 35.7. The van der Waals surface area contributed by atoms with Gasteiger partial charge in [0, 0.05) is 29.5 Å². The molecule has 3 rings (SSSR count). The van der Waals surface area contributed by atoms with Gasteiger partial charge in [0.15, 0.2) is 0 Å². The van der Waals surface area contributed by atoms with Crippen molar-refractivity contribution in [3.8, 4) is 0 Å². The summed E-state index contributed by atoms with van der Waals surface area (Å²) in [5, 5.41) is 2.88. The van der Waals surface area contributed by atoms with Gasteiger partial charge in [0.05, 0.1) is 0 Å². The highest BCUT2D eigenvalue weighted by Gasteiger charge is 2.27. The molecule has 0 radical (unpaired) electrons. The van der Waals surface area contributed by atoms with Crippen molar-refractivity contribution in [3.05, 3.63) is 18.0 Å². The van der Waals surface area contributed by atoms with E-state index in [2.05, 4.69) is 5.32 Å². The minimum Gasteiger partial charge on any atom is -0.351 e. The van der Waals surface area contributed by atoms with E-state index in [-0.39, 0.29) is 16.8 Å². The Labute approximate surface area is 129 Å². The van der Waals surface area contributed by atoms with Gasteiger partial charge >= 0.3 is 0 Å². The molecule has 0 atom stereocenters. The van der Waals surface area contributed by atoms with Crippen LogP contribution in [0.15, 0.2) is 17.2 Å². The lowest BCUT2D eigenvalue weighted by Crippen LogP contribution is -2.29. The zero-order chi connectivity index (χ0) is 15.0. The molecule has 0 unspecified atom stereocenters. The summed E-state index contributed by atoms with van der Waals surface area (Å²) in [4.78, 5) is 12.3. The number of halogens is 1. The van der Waals surface area contributed by atoms with Crippen molar-refractivity contribution in [2.45, 2.75) is 49.5 Å². The molecule has 0 saturated heterocycles. The predicted octanol–water partition coefficient (Wildman–Crippen LogP) is 2.67. The average molecular weight is 331 g/mol. The van der Waals surface area contributed by atoms with Crippen LogP contribution in [0.1, 0.15) is 55.1 Å². The Morgan fingerprint density at radius 2 is 2.05 bits per heavy atom. The van der Waals surface area contributed by atoms with Gasteiger partial charge in [-0.05, 0) is 37.7 Å². The second-order valence-electron chi connectivity index (χ2n) is 5.98. The van der Waals surface area contributed by atoms with Gasteiger partial charge in [0.2, 0.25) is 0 Å². The summed E-state index contributed by atoms with van der Waals surface area (Å²) in [6.07, 6.45) is 8.04. The van der Waals surface area contributed by atoms with E-state index in [4.69, 9.17) is 10.7 Å². The third-order valence-corrected chi connectivity index (χ3v) is 5.66. The number of nitrogens with zero attached hydrogens (tertiary/aromatic N) is 1. The lowest BCUT2D eigenvalue weighted by Gasteiger charge is -2.28. The molecule has 1 amide bonds. The normalized spacial score (nSPS) is 19.3. The lowest BCUT2D eigenvalue weighted by atomic mass is 9.93. The molecule has 0 spiro atoms. The minimum atomic E-state index is -3.81. The van der Waals surface area contributed by atoms with Crippen LogP contribution in [0.25, 0.3) is 0 Å². The van der Waals surface area contributed by atoms with Crippen LogP contribution in [-0.2, 0) is 9.05 Å². The predicted molar refractivity (Wildman–Crippen MR) is 80.0 cm³/mol. The maximum absolute atomic E-state index is 12.3. The number of aromatic nitrogens is 1. The first-order valence-electron chi connectivity index (χ1n) is 7.40.